The number of aromatic nitrogens is 2. The maximum absolute atomic E-state index is 12.6. The zero-order valence-electron chi connectivity index (χ0n) is 14.9. The van der Waals surface area contributed by atoms with E-state index in [4.69, 9.17) is 10.8 Å². The average molecular weight is 370 g/mol. The van der Waals surface area contributed by atoms with Crippen LogP contribution in [0.2, 0.25) is 0 Å². The molecule has 1 aliphatic heterocycles. The predicted octanol–water partition coefficient (Wildman–Crippen LogP) is 1.22. The van der Waals surface area contributed by atoms with Crippen LogP contribution < -0.4 is 11.3 Å². The Bertz CT molecular complexity index is 883. The summed E-state index contributed by atoms with van der Waals surface area (Å²) in [6.07, 6.45) is 2.66. The summed E-state index contributed by atoms with van der Waals surface area (Å²) >= 11 is 0. The number of piperidine rings is 1. The van der Waals surface area contributed by atoms with Crippen LogP contribution in [-0.2, 0) is 11.3 Å². The number of carbonyl (C=O) groups is 2. The maximum atomic E-state index is 12.6. The molecule has 0 bridgehead atoms. The van der Waals surface area contributed by atoms with Crippen molar-refractivity contribution in [2.75, 3.05) is 13.1 Å². The number of hydrogen-bond acceptors (Lipinski definition) is 5. The van der Waals surface area contributed by atoms with Crippen LogP contribution >= 0.6 is 0 Å². The topological polar surface area (TPSA) is 129 Å². The second-order valence-electron chi connectivity index (χ2n) is 6.71. The van der Waals surface area contributed by atoms with Gasteiger partial charge in [0.2, 0.25) is 0 Å². The number of hydrogen-bond donors (Lipinski definition) is 3. The van der Waals surface area contributed by atoms with Crippen molar-refractivity contribution in [3.05, 3.63) is 51.9 Å². The minimum atomic E-state index is -0.824. The molecular formula is C19H22N4O4. The highest BCUT2D eigenvalue weighted by Gasteiger charge is 2.26. The fourth-order valence-electron chi connectivity index (χ4n) is 3.25. The highest BCUT2D eigenvalue weighted by atomic mass is 16.4. The zero-order valence-corrected chi connectivity index (χ0v) is 14.9. The van der Waals surface area contributed by atoms with Gasteiger partial charge in [0, 0.05) is 37.8 Å². The predicted molar refractivity (Wildman–Crippen MR) is 99.1 cm³/mol. The van der Waals surface area contributed by atoms with E-state index in [1.807, 2.05) is 24.3 Å². The van der Waals surface area contributed by atoms with Gasteiger partial charge in [0.25, 0.3) is 11.5 Å². The fourth-order valence-corrected chi connectivity index (χ4v) is 3.25. The number of nitrogens with zero attached hydrogens (tertiary/aromatic N) is 2. The Morgan fingerprint density at radius 2 is 1.89 bits per heavy atom. The minimum absolute atomic E-state index is 0.00554. The van der Waals surface area contributed by atoms with Crippen molar-refractivity contribution in [2.45, 2.75) is 25.8 Å². The summed E-state index contributed by atoms with van der Waals surface area (Å²) in [4.78, 5) is 44.3. The lowest BCUT2D eigenvalue weighted by molar-refractivity contribution is -0.138. The molecule has 27 heavy (non-hydrogen) atoms. The highest BCUT2D eigenvalue weighted by molar-refractivity contribution is 5.93. The van der Waals surface area contributed by atoms with E-state index in [0.717, 1.165) is 11.1 Å². The van der Waals surface area contributed by atoms with E-state index in [-0.39, 0.29) is 23.8 Å². The molecule has 0 unspecified atom stereocenters. The number of H-pyrrole nitrogens is 1. The molecule has 8 heteroatoms. The second kappa shape index (κ2) is 8.13. The molecule has 142 valence electrons. The van der Waals surface area contributed by atoms with Crippen molar-refractivity contribution in [1.82, 2.24) is 14.9 Å². The molecule has 4 N–H and O–H groups in total. The van der Waals surface area contributed by atoms with E-state index in [1.54, 1.807) is 4.90 Å². The van der Waals surface area contributed by atoms with Crippen LogP contribution in [0.5, 0.6) is 0 Å². The molecule has 0 radical (unpaired) electrons. The Kier molecular flexibility index (Phi) is 5.66. The molecule has 8 nitrogen and oxygen atoms in total. The molecule has 2 aromatic rings. The Labute approximate surface area is 156 Å². The Morgan fingerprint density at radius 1 is 1.22 bits per heavy atom. The quantitative estimate of drug-likeness (QED) is 0.726. The van der Waals surface area contributed by atoms with E-state index in [1.165, 1.54) is 6.20 Å². The second-order valence-corrected chi connectivity index (χ2v) is 6.71. The lowest BCUT2D eigenvalue weighted by Gasteiger charge is -2.31. The van der Waals surface area contributed by atoms with Crippen LogP contribution in [0.25, 0.3) is 11.4 Å². The van der Waals surface area contributed by atoms with Gasteiger partial charge in [-0.25, -0.2) is 4.98 Å². The van der Waals surface area contributed by atoms with Gasteiger partial charge in [0.1, 0.15) is 11.4 Å². The minimum Gasteiger partial charge on any atom is -0.481 e. The number of nitrogens with two attached hydrogens (primary N) is 1. The largest absolute Gasteiger partial charge is 0.481 e. The molecule has 1 fully saturated rings. The van der Waals surface area contributed by atoms with Gasteiger partial charge in [-0.3, -0.25) is 14.4 Å². The molecule has 0 saturated carbocycles. The number of aliphatic carboxylic acids is 1. The normalized spacial score (nSPS) is 14.9. The SMILES string of the molecule is NCc1ccc(-c2ncc(C(=O)N3CCC(CC(=O)O)CC3)c(=O)[nH]2)cc1. The van der Waals surface area contributed by atoms with Gasteiger partial charge in [-0.05, 0) is 24.3 Å². The summed E-state index contributed by atoms with van der Waals surface area (Å²) in [5, 5.41) is 8.86. The number of rotatable bonds is 5. The van der Waals surface area contributed by atoms with Crippen LogP contribution in [0.1, 0.15) is 35.2 Å². The smallest absolute Gasteiger partial charge is 0.303 e. The van der Waals surface area contributed by atoms with E-state index in [9.17, 15) is 14.4 Å². The molecule has 2 heterocycles. The molecule has 0 atom stereocenters. The van der Waals surface area contributed by atoms with E-state index in [0.29, 0.717) is 38.3 Å². The van der Waals surface area contributed by atoms with Crippen molar-refractivity contribution in [1.29, 1.82) is 0 Å². The summed E-state index contributed by atoms with van der Waals surface area (Å²) in [7, 11) is 0. The Balaban J connectivity index is 1.71. The van der Waals surface area contributed by atoms with Gasteiger partial charge in [-0.2, -0.15) is 0 Å². The van der Waals surface area contributed by atoms with Crippen LogP contribution in [0.4, 0.5) is 0 Å². The van der Waals surface area contributed by atoms with Gasteiger partial charge in [-0.1, -0.05) is 24.3 Å². The third-order valence-corrected chi connectivity index (χ3v) is 4.86. The van der Waals surface area contributed by atoms with Crippen LogP contribution in [0.3, 0.4) is 0 Å². The third-order valence-electron chi connectivity index (χ3n) is 4.86. The van der Waals surface area contributed by atoms with Crippen molar-refractivity contribution in [3.63, 3.8) is 0 Å². The number of likely N-dealkylation sites (tertiary alicyclic amines) is 1. The monoisotopic (exact) mass is 370 g/mol. The Morgan fingerprint density at radius 3 is 2.44 bits per heavy atom. The standard InChI is InChI=1S/C19H22N4O4/c20-10-13-1-3-14(4-2-13)17-21-11-15(18(26)22-17)19(27)23-7-5-12(6-8-23)9-16(24)25/h1-4,11-12H,5-10,20H2,(H,24,25)(H,21,22,26). The molecular weight excluding hydrogens is 348 g/mol. The molecule has 1 amide bonds. The summed E-state index contributed by atoms with van der Waals surface area (Å²) in [6, 6.07) is 7.34. The maximum Gasteiger partial charge on any atom is 0.303 e. The van der Waals surface area contributed by atoms with E-state index >= 15 is 0 Å². The molecule has 1 aliphatic rings. The van der Waals surface area contributed by atoms with E-state index < -0.39 is 11.5 Å². The molecule has 3 rings (SSSR count). The number of carboxylic acids is 1. The lowest BCUT2D eigenvalue weighted by atomic mass is 9.93. The summed E-state index contributed by atoms with van der Waals surface area (Å²) in [5.41, 5.74) is 6.79. The highest BCUT2D eigenvalue weighted by Crippen LogP contribution is 2.21. The van der Waals surface area contributed by atoms with Gasteiger partial charge in [-0.15, -0.1) is 0 Å². The first-order valence-electron chi connectivity index (χ1n) is 8.87. The first-order valence-corrected chi connectivity index (χ1v) is 8.87. The van der Waals surface area contributed by atoms with Gasteiger partial charge in [0.15, 0.2) is 0 Å². The van der Waals surface area contributed by atoms with Gasteiger partial charge in [0.05, 0.1) is 0 Å². The number of carboxylic acid groups (broad SMARTS) is 1. The zero-order chi connectivity index (χ0) is 19.4. The first-order chi connectivity index (χ1) is 13.0. The summed E-state index contributed by atoms with van der Waals surface area (Å²) < 4.78 is 0. The lowest BCUT2D eigenvalue weighted by Crippen LogP contribution is -2.41. The van der Waals surface area contributed by atoms with Crippen LogP contribution in [0.15, 0.2) is 35.3 Å². The number of nitrogens with one attached hydrogen (secondary N) is 1. The number of aromatic amines is 1. The summed E-state index contributed by atoms with van der Waals surface area (Å²) in [6.45, 7) is 1.32. The first kappa shape index (κ1) is 18.8. The van der Waals surface area contributed by atoms with Crippen molar-refractivity contribution < 1.29 is 14.7 Å². The molecule has 1 aromatic heterocycles. The fraction of sp³-hybridized carbons (Fsp3) is 0.368. The van der Waals surface area contributed by atoms with Crippen LogP contribution in [0, 0.1) is 5.92 Å². The molecule has 0 aliphatic carbocycles. The Hall–Kier alpha value is -3.00. The van der Waals surface area contributed by atoms with Crippen molar-refractivity contribution >= 4 is 11.9 Å². The average Bonchev–Trinajstić information content (AvgIpc) is 2.67. The third kappa shape index (κ3) is 4.40. The molecule has 0 spiro atoms. The number of carbonyl (C=O) groups excluding carboxylic acids is 1. The van der Waals surface area contributed by atoms with Crippen LogP contribution in [-0.4, -0.2) is 44.9 Å². The molecule has 1 aromatic carbocycles. The van der Waals surface area contributed by atoms with Gasteiger partial charge >= 0.3 is 5.97 Å². The number of benzene rings is 1. The number of amides is 1. The van der Waals surface area contributed by atoms with E-state index in [2.05, 4.69) is 9.97 Å². The van der Waals surface area contributed by atoms with Crippen molar-refractivity contribution in [3.8, 4) is 11.4 Å². The van der Waals surface area contributed by atoms with Crippen molar-refractivity contribution in [2.24, 2.45) is 11.7 Å². The van der Waals surface area contributed by atoms with Gasteiger partial charge < -0.3 is 20.7 Å². The summed E-state index contributed by atoms with van der Waals surface area (Å²) in [5.74, 6) is -0.736. The molecule has 1 saturated heterocycles.